The molecule has 1 aromatic rings. The third-order valence-corrected chi connectivity index (χ3v) is 2.79. The minimum Gasteiger partial charge on any atom is -0.490 e. The second kappa shape index (κ2) is 2.45. The summed E-state index contributed by atoms with van der Waals surface area (Å²) < 4.78 is 5.44. The van der Waals surface area contributed by atoms with Crippen molar-refractivity contribution in [3.8, 4) is 5.75 Å². The van der Waals surface area contributed by atoms with Gasteiger partial charge in [0.15, 0.2) is 0 Å². The highest BCUT2D eigenvalue weighted by atomic mass is 16.5. The molecule has 13 heavy (non-hydrogen) atoms. The molecule has 2 heterocycles. The molecule has 1 atom stereocenters. The van der Waals surface area contributed by atoms with E-state index in [1.54, 1.807) is 6.20 Å². The average molecular weight is 176 g/mol. The first-order valence-corrected chi connectivity index (χ1v) is 4.72. The molecule has 1 aromatic heterocycles. The lowest BCUT2D eigenvalue weighted by molar-refractivity contribution is 0.332. The molecule has 3 nitrogen and oxygen atoms in total. The third kappa shape index (κ3) is 1.04. The number of ether oxygens (including phenoxy) is 1. The van der Waals surface area contributed by atoms with Gasteiger partial charge >= 0.3 is 0 Å². The number of fused-ring (bicyclic) bond motifs is 1. The number of pyridine rings is 1. The van der Waals surface area contributed by atoms with E-state index in [1.165, 1.54) is 24.0 Å². The fourth-order valence-corrected chi connectivity index (χ4v) is 1.96. The topological polar surface area (TPSA) is 48.1 Å². The largest absolute Gasteiger partial charge is 0.490 e. The first kappa shape index (κ1) is 7.33. The number of nitrogens with zero attached hydrogens (tertiary/aromatic N) is 1. The molecule has 0 aromatic carbocycles. The van der Waals surface area contributed by atoms with Crippen molar-refractivity contribution in [2.24, 2.45) is 5.73 Å². The zero-order valence-corrected chi connectivity index (χ0v) is 7.36. The number of hydrogen-bond donors (Lipinski definition) is 1. The van der Waals surface area contributed by atoms with Crippen LogP contribution in [-0.2, 0) is 0 Å². The van der Waals surface area contributed by atoms with E-state index in [9.17, 15) is 0 Å². The van der Waals surface area contributed by atoms with Crippen LogP contribution in [0.3, 0.4) is 0 Å². The molecule has 0 saturated heterocycles. The van der Waals surface area contributed by atoms with E-state index < -0.39 is 0 Å². The molecule has 1 aliphatic carbocycles. The summed E-state index contributed by atoms with van der Waals surface area (Å²) in [6, 6.07) is 0.0635. The minimum absolute atomic E-state index is 0.0635. The Morgan fingerprint density at radius 3 is 3.00 bits per heavy atom. The smallest absolute Gasteiger partial charge is 0.142 e. The predicted octanol–water partition coefficient (Wildman–Crippen LogP) is 1.35. The summed E-state index contributed by atoms with van der Waals surface area (Å²) in [4.78, 5) is 4.17. The van der Waals surface area contributed by atoms with Crippen LogP contribution < -0.4 is 10.5 Å². The average Bonchev–Trinajstić information content (AvgIpc) is 2.92. The Morgan fingerprint density at radius 2 is 2.23 bits per heavy atom. The summed E-state index contributed by atoms with van der Waals surface area (Å²) >= 11 is 0. The Labute approximate surface area is 76.9 Å². The van der Waals surface area contributed by atoms with Gasteiger partial charge in [0.1, 0.15) is 12.4 Å². The van der Waals surface area contributed by atoms with Crippen molar-refractivity contribution in [3.05, 3.63) is 23.5 Å². The normalized spacial score (nSPS) is 25.5. The molecule has 0 radical (unpaired) electrons. The number of nitrogens with two attached hydrogens (primary N) is 1. The monoisotopic (exact) mass is 176 g/mol. The van der Waals surface area contributed by atoms with Gasteiger partial charge in [-0.3, -0.25) is 4.98 Å². The Kier molecular flexibility index (Phi) is 1.38. The van der Waals surface area contributed by atoms with Crippen molar-refractivity contribution in [2.45, 2.75) is 24.8 Å². The molecule has 3 rings (SSSR count). The summed E-state index contributed by atoms with van der Waals surface area (Å²) in [5.74, 6) is 1.60. The van der Waals surface area contributed by atoms with Crippen LogP contribution in [0, 0.1) is 0 Å². The van der Waals surface area contributed by atoms with Gasteiger partial charge in [-0.05, 0) is 24.3 Å². The van der Waals surface area contributed by atoms with Gasteiger partial charge in [0.2, 0.25) is 0 Å². The van der Waals surface area contributed by atoms with Crippen LogP contribution in [0.5, 0.6) is 5.75 Å². The van der Waals surface area contributed by atoms with Gasteiger partial charge in [-0.2, -0.15) is 0 Å². The Morgan fingerprint density at radius 1 is 1.38 bits per heavy atom. The lowest BCUT2D eigenvalue weighted by Gasteiger charge is -2.06. The van der Waals surface area contributed by atoms with Crippen molar-refractivity contribution in [1.29, 1.82) is 0 Å². The molecule has 0 amide bonds. The lowest BCUT2D eigenvalue weighted by Crippen LogP contribution is -2.12. The molecular weight excluding hydrogens is 164 g/mol. The van der Waals surface area contributed by atoms with Crippen molar-refractivity contribution >= 4 is 0 Å². The number of hydrogen-bond acceptors (Lipinski definition) is 3. The van der Waals surface area contributed by atoms with Crippen LogP contribution in [0.2, 0.25) is 0 Å². The Bertz CT molecular complexity index is 347. The fraction of sp³-hybridized carbons (Fsp3) is 0.500. The second-order valence-electron chi connectivity index (χ2n) is 3.83. The molecule has 0 unspecified atom stereocenters. The first-order valence-electron chi connectivity index (χ1n) is 4.72. The van der Waals surface area contributed by atoms with Crippen LogP contribution in [0.4, 0.5) is 0 Å². The van der Waals surface area contributed by atoms with E-state index in [-0.39, 0.29) is 6.04 Å². The molecule has 0 bridgehead atoms. The standard InChI is InChI=1S/C10H12N2O/c11-8-5-13-9-4-12-3-7(10(8)9)6-1-2-6/h3-4,6,8H,1-2,5,11H2/t8-/m1/s1. The fourth-order valence-electron chi connectivity index (χ4n) is 1.96. The van der Waals surface area contributed by atoms with Crippen molar-refractivity contribution in [1.82, 2.24) is 4.98 Å². The quantitative estimate of drug-likeness (QED) is 0.702. The van der Waals surface area contributed by atoms with Crippen molar-refractivity contribution < 1.29 is 4.74 Å². The Balaban J connectivity index is 2.14. The van der Waals surface area contributed by atoms with Crippen LogP contribution in [0.15, 0.2) is 12.4 Å². The van der Waals surface area contributed by atoms with Gasteiger partial charge in [0.05, 0.1) is 12.2 Å². The lowest BCUT2D eigenvalue weighted by atomic mass is 10.0. The van der Waals surface area contributed by atoms with E-state index in [2.05, 4.69) is 4.98 Å². The molecule has 2 aliphatic rings. The van der Waals surface area contributed by atoms with Gasteiger partial charge in [0.25, 0.3) is 0 Å². The SMILES string of the molecule is N[C@@H]1COc2cncc(C3CC3)c21. The van der Waals surface area contributed by atoms with Gasteiger partial charge in [-0.15, -0.1) is 0 Å². The van der Waals surface area contributed by atoms with E-state index in [0.717, 1.165) is 5.75 Å². The highest BCUT2D eigenvalue weighted by molar-refractivity contribution is 5.45. The van der Waals surface area contributed by atoms with Crippen LogP contribution in [0.25, 0.3) is 0 Å². The van der Waals surface area contributed by atoms with Crippen LogP contribution in [0.1, 0.15) is 35.9 Å². The summed E-state index contributed by atoms with van der Waals surface area (Å²) in [5.41, 5.74) is 8.49. The van der Waals surface area contributed by atoms with E-state index in [0.29, 0.717) is 12.5 Å². The maximum absolute atomic E-state index is 5.96. The van der Waals surface area contributed by atoms with E-state index in [1.807, 2.05) is 6.20 Å². The molecule has 3 heteroatoms. The van der Waals surface area contributed by atoms with Crippen molar-refractivity contribution in [3.63, 3.8) is 0 Å². The van der Waals surface area contributed by atoms with Gasteiger partial charge in [0, 0.05) is 11.8 Å². The summed E-state index contributed by atoms with van der Waals surface area (Å²) in [7, 11) is 0. The maximum Gasteiger partial charge on any atom is 0.142 e. The molecule has 1 fully saturated rings. The number of rotatable bonds is 1. The van der Waals surface area contributed by atoms with E-state index >= 15 is 0 Å². The van der Waals surface area contributed by atoms with Crippen molar-refractivity contribution in [2.75, 3.05) is 6.61 Å². The van der Waals surface area contributed by atoms with Gasteiger partial charge in [-0.25, -0.2) is 0 Å². The van der Waals surface area contributed by atoms with Crippen LogP contribution in [-0.4, -0.2) is 11.6 Å². The minimum atomic E-state index is 0.0635. The molecule has 1 saturated carbocycles. The zero-order valence-electron chi connectivity index (χ0n) is 7.36. The summed E-state index contributed by atoms with van der Waals surface area (Å²) in [6.07, 6.45) is 6.29. The summed E-state index contributed by atoms with van der Waals surface area (Å²) in [5, 5.41) is 0. The molecule has 68 valence electrons. The van der Waals surface area contributed by atoms with Crippen LogP contribution >= 0.6 is 0 Å². The second-order valence-corrected chi connectivity index (χ2v) is 3.83. The molecular formula is C10H12N2O. The van der Waals surface area contributed by atoms with Gasteiger partial charge in [-0.1, -0.05) is 0 Å². The van der Waals surface area contributed by atoms with E-state index in [4.69, 9.17) is 10.5 Å². The third-order valence-electron chi connectivity index (χ3n) is 2.79. The molecule has 2 N–H and O–H groups in total. The molecule has 1 aliphatic heterocycles. The predicted molar refractivity (Wildman–Crippen MR) is 48.6 cm³/mol. The van der Waals surface area contributed by atoms with Gasteiger partial charge < -0.3 is 10.5 Å². The highest BCUT2D eigenvalue weighted by Gasteiger charge is 2.32. The Hall–Kier alpha value is -1.09. The number of aromatic nitrogens is 1. The first-order chi connectivity index (χ1) is 6.36. The highest BCUT2D eigenvalue weighted by Crippen LogP contribution is 2.46. The summed E-state index contributed by atoms with van der Waals surface area (Å²) in [6.45, 7) is 0.612. The zero-order chi connectivity index (χ0) is 8.84. The maximum atomic E-state index is 5.96. The molecule has 0 spiro atoms.